The van der Waals surface area contributed by atoms with Crippen LogP contribution in [0.1, 0.15) is 49.0 Å². The number of aromatic nitrogens is 2. The minimum absolute atomic E-state index is 0.454. The fourth-order valence-electron chi connectivity index (χ4n) is 3.15. The van der Waals surface area contributed by atoms with E-state index in [0.29, 0.717) is 19.7 Å². The molecule has 0 aliphatic carbocycles. The number of hydrogen-bond acceptors (Lipinski definition) is 5. The molecule has 0 bridgehead atoms. The summed E-state index contributed by atoms with van der Waals surface area (Å²) in [7, 11) is 0. The Labute approximate surface area is 183 Å². The Morgan fingerprint density at radius 1 is 1.03 bits per heavy atom. The summed E-state index contributed by atoms with van der Waals surface area (Å²) >= 11 is 0. The summed E-state index contributed by atoms with van der Waals surface area (Å²) in [5, 5.41) is 10.9. The van der Waals surface area contributed by atoms with E-state index in [9.17, 15) is 0 Å². The smallest absolute Gasteiger partial charge is 0.191 e. The van der Waals surface area contributed by atoms with Gasteiger partial charge in [-0.2, -0.15) is 0 Å². The molecule has 31 heavy (non-hydrogen) atoms. The molecule has 1 aromatic carbocycles. The maximum Gasteiger partial charge on any atom is 0.191 e. The molecular formula is C24H31N5O2. The molecule has 0 saturated heterocycles. The van der Waals surface area contributed by atoms with Crippen molar-refractivity contribution in [3.63, 3.8) is 0 Å². The van der Waals surface area contributed by atoms with Gasteiger partial charge in [-0.1, -0.05) is 37.2 Å². The molecule has 0 radical (unpaired) electrons. The second-order valence-electron chi connectivity index (χ2n) is 7.04. The molecule has 2 heterocycles. The van der Waals surface area contributed by atoms with E-state index in [1.165, 1.54) is 0 Å². The molecule has 0 aliphatic heterocycles. The van der Waals surface area contributed by atoms with E-state index in [2.05, 4.69) is 41.5 Å². The first kappa shape index (κ1) is 22.3. The standard InChI is InChI=1S/C24H31N5O2/c1-4-22-21(23(5-2)31-29-22)16-28-24(25-6-3)27-15-18-10-12-20(13-11-18)30-17-19-9-7-8-14-26-19/h7-14H,4-6,15-17H2,1-3H3,(H2,25,27,28). The minimum Gasteiger partial charge on any atom is -0.487 e. The van der Waals surface area contributed by atoms with Gasteiger partial charge in [0, 0.05) is 31.3 Å². The number of ether oxygens (including phenoxy) is 1. The van der Waals surface area contributed by atoms with Crippen molar-refractivity contribution in [2.24, 2.45) is 4.99 Å². The van der Waals surface area contributed by atoms with E-state index in [1.54, 1.807) is 6.20 Å². The van der Waals surface area contributed by atoms with Crippen LogP contribution in [0.25, 0.3) is 0 Å². The lowest BCUT2D eigenvalue weighted by Crippen LogP contribution is -2.37. The third-order valence-corrected chi connectivity index (χ3v) is 4.84. The third kappa shape index (κ3) is 6.57. The normalized spacial score (nSPS) is 11.4. The summed E-state index contributed by atoms with van der Waals surface area (Å²) in [5.41, 5.74) is 4.14. The van der Waals surface area contributed by atoms with Crippen molar-refractivity contribution in [2.45, 2.75) is 53.3 Å². The molecule has 0 unspecified atom stereocenters. The van der Waals surface area contributed by atoms with Crippen molar-refractivity contribution in [3.8, 4) is 5.75 Å². The van der Waals surface area contributed by atoms with Crippen molar-refractivity contribution in [3.05, 3.63) is 76.9 Å². The van der Waals surface area contributed by atoms with Gasteiger partial charge in [0.25, 0.3) is 0 Å². The maximum absolute atomic E-state index is 5.80. The van der Waals surface area contributed by atoms with Crippen molar-refractivity contribution in [1.29, 1.82) is 0 Å². The molecule has 164 valence electrons. The largest absolute Gasteiger partial charge is 0.487 e. The molecule has 0 atom stereocenters. The Morgan fingerprint density at radius 3 is 2.55 bits per heavy atom. The third-order valence-electron chi connectivity index (χ3n) is 4.84. The van der Waals surface area contributed by atoms with Gasteiger partial charge in [0.15, 0.2) is 5.96 Å². The molecule has 3 aromatic rings. The van der Waals surface area contributed by atoms with Gasteiger partial charge in [0.05, 0.1) is 17.9 Å². The van der Waals surface area contributed by atoms with E-state index >= 15 is 0 Å². The van der Waals surface area contributed by atoms with E-state index in [1.807, 2.05) is 42.5 Å². The van der Waals surface area contributed by atoms with Crippen LogP contribution in [0, 0.1) is 0 Å². The van der Waals surface area contributed by atoms with Crippen molar-refractivity contribution in [1.82, 2.24) is 20.8 Å². The quantitative estimate of drug-likeness (QED) is 0.380. The highest BCUT2D eigenvalue weighted by molar-refractivity contribution is 5.79. The van der Waals surface area contributed by atoms with Crippen LogP contribution < -0.4 is 15.4 Å². The second-order valence-corrected chi connectivity index (χ2v) is 7.04. The topological polar surface area (TPSA) is 84.6 Å². The molecule has 0 spiro atoms. The molecule has 2 aromatic heterocycles. The fraction of sp³-hybridized carbons (Fsp3) is 0.375. The molecule has 7 nitrogen and oxygen atoms in total. The number of nitrogens with one attached hydrogen (secondary N) is 2. The Hall–Kier alpha value is -3.35. The molecule has 0 fully saturated rings. The maximum atomic E-state index is 5.80. The number of aliphatic imine (C=N–C) groups is 1. The predicted molar refractivity (Wildman–Crippen MR) is 122 cm³/mol. The SMILES string of the molecule is CCNC(=NCc1ccc(OCc2ccccn2)cc1)NCc1c(CC)noc1CC. The van der Waals surface area contributed by atoms with Gasteiger partial charge in [-0.05, 0) is 43.2 Å². The van der Waals surface area contributed by atoms with Gasteiger partial charge in [0.2, 0.25) is 0 Å². The lowest BCUT2D eigenvalue weighted by molar-refractivity contribution is 0.301. The average Bonchev–Trinajstić information content (AvgIpc) is 3.23. The number of nitrogens with zero attached hydrogens (tertiary/aromatic N) is 3. The van der Waals surface area contributed by atoms with Crippen LogP contribution in [0.4, 0.5) is 0 Å². The zero-order valence-electron chi connectivity index (χ0n) is 18.5. The average molecular weight is 422 g/mol. The monoisotopic (exact) mass is 421 g/mol. The van der Waals surface area contributed by atoms with Gasteiger partial charge in [0.1, 0.15) is 18.1 Å². The lowest BCUT2D eigenvalue weighted by Gasteiger charge is -2.12. The van der Waals surface area contributed by atoms with Crippen LogP contribution >= 0.6 is 0 Å². The Morgan fingerprint density at radius 2 is 1.87 bits per heavy atom. The first-order chi connectivity index (χ1) is 15.2. The summed E-state index contributed by atoms with van der Waals surface area (Å²) in [6, 6.07) is 13.8. The lowest BCUT2D eigenvalue weighted by atomic mass is 10.1. The zero-order valence-corrected chi connectivity index (χ0v) is 18.5. The number of guanidine groups is 1. The molecule has 7 heteroatoms. The molecule has 2 N–H and O–H groups in total. The van der Waals surface area contributed by atoms with Crippen molar-refractivity contribution >= 4 is 5.96 Å². The molecule has 3 rings (SSSR count). The van der Waals surface area contributed by atoms with Gasteiger partial charge in [-0.3, -0.25) is 4.98 Å². The van der Waals surface area contributed by atoms with Crippen LogP contribution in [0.3, 0.4) is 0 Å². The highest BCUT2D eigenvalue weighted by atomic mass is 16.5. The number of hydrogen-bond donors (Lipinski definition) is 2. The van der Waals surface area contributed by atoms with Gasteiger partial charge in [-0.25, -0.2) is 4.99 Å². The van der Waals surface area contributed by atoms with E-state index < -0.39 is 0 Å². The zero-order chi connectivity index (χ0) is 21.9. The first-order valence-electron chi connectivity index (χ1n) is 10.8. The molecular weight excluding hydrogens is 390 g/mol. The van der Waals surface area contributed by atoms with Crippen LogP contribution in [0.15, 0.2) is 58.2 Å². The van der Waals surface area contributed by atoms with Gasteiger partial charge >= 0.3 is 0 Å². The molecule has 0 saturated carbocycles. The number of pyridine rings is 1. The second kappa shape index (κ2) is 11.7. The highest BCUT2D eigenvalue weighted by Crippen LogP contribution is 2.16. The van der Waals surface area contributed by atoms with Crippen molar-refractivity contribution in [2.75, 3.05) is 6.54 Å². The Bertz CT molecular complexity index is 930. The predicted octanol–water partition coefficient (Wildman–Crippen LogP) is 4.03. The highest BCUT2D eigenvalue weighted by Gasteiger charge is 2.13. The van der Waals surface area contributed by atoms with Gasteiger partial charge < -0.3 is 19.9 Å². The Kier molecular flexibility index (Phi) is 8.46. The van der Waals surface area contributed by atoms with Crippen LogP contribution in [0.5, 0.6) is 5.75 Å². The first-order valence-corrected chi connectivity index (χ1v) is 10.8. The number of benzene rings is 1. The summed E-state index contributed by atoms with van der Waals surface area (Å²) in [6.45, 7) is 8.67. The van der Waals surface area contributed by atoms with E-state index in [-0.39, 0.29) is 0 Å². The summed E-state index contributed by atoms with van der Waals surface area (Å²) in [5.74, 6) is 2.51. The van der Waals surface area contributed by atoms with Crippen LogP contribution in [0.2, 0.25) is 0 Å². The van der Waals surface area contributed by atoms with Crippen LogP contribution in [-0.4, -0.2) is 22.6 Å². The van der Waals surface area contributed by atoms with Crippen molar-refractivity contribution < 1.29 is 9.26 Å². The Balaban J connectivity index is 1.56. The van der Waals surface area contributed by atoms with Crippen LogP contribution in [-0.2, 0) is 32.5 Å². The molecule has 0 amide bonds. The fourth-order valence-corrected chi connectivity index (χ4v) is 3.15. The van der Waals surface area contributed by atoms with Gasteiger partial charge in [-0.15, -0.1) is 0 Å². The minimum atomic E-state index is 0.454. The summed E-state index contributed by atoms with van der Waals surface area (Å²) in [6.07, 6.45) is 3.44. The number of aryl methyl sites for hydroxylation is 2. The number of rotatable bonds is 10. The van der Waals surface area contributed by atoms with E-state index in [0.717, 1.165) is 59.4 Å². The summed E-state index contributed by atoms with van der Waals surface area (Å²) in [4.78, 5) is 8.98. The summed E-state index contributed by atoms with van der Waals surface area (Å²) < 4.78 is 11.2. The van der Waals surface area contributed by atoms with E-state index in [4.69, 9.17) is 14.3 Å². The molecule has 0 aliphatic rings.